The Morgan fingerprint density at radius 3 is 1.73 bits per heavy atom. The first-order valence-electron chi connectivity index (χ1n) is 2.36. The molecule has 56 valence electrons. The first kappa shape index (κ1) is 16.9. The molecule has 4 heteroatoms. The van der Waals surface area contributed by atoms with Crippen molar-refractivity contribution in [3.05, 3.63) is 35.9 Å². The molecule has 1 aromatic rings. The van der Waals surface area contributed by atoms with E-state index in [0.29, 0.717) is 5.56 Å². The Morgan fingerprint density at radius 1 is 1.00 bits per heavy atom. The van der Waals surface area contributed by atoms with E-state index in [0.717, 1.165) is 0 Å². The monoisotopic (exact) mass is 185 g/mol. The van der Waals surface area contributed by atoms with Crippen molar-refractivity contribution >= 4 is 6.29 Å². The van der Waals surface area contributed by atoms with E-state index < -0.39 is 0 Å². The normalized spacial score (nSPS) is 6.18. The van der Waals surface area contributed by atoms with Gasteiger partial charge in [0.25, 0.3) is 0 Å². The summed E-state index contributed by atoms with van der Waals surface area (Å²) in [5.74, 6) is 0. The summed E-state index contributed by atoms with van der Waals surface area (Å²) in [5.41, 5.74) is 0.604. The van der Waals surface area contributed by atoms with Crippen molar-refractivity contribution in [2.24, 2.45) is 0 Å². The van der Waals surface area contributed by atoms with Gasteiger partial charge in [-0.1, -0.05) is 6.07 Å². The Kier molecular flexibility index (Phi) is 14.6. The molecule has 0 spiro atoms. The van der Waals surface area contributed by atoms with Crippen molar-refractivity contribution in [3.8, 4) is 0 Å². The molecular weight excluding hydrogens is 180 g/mol. The number of hydrogen-bond donors (Lipinski definition) is 0. The van der Waals surface area contributed by atoms with E-state index in [2.05, 4.69) is 0 Å². The molecular formula is C7H5O3Ti-. The van der Waals surface area contributed by atoms with Crippen LogP contribution in [0.2, 0.25) is 0 Å². The fourth-order valence-electron chi connectivity index (χ4n) is 0.506. The summed E-state index contributed by atoms with van der Waals surface area (Å²) < 4.78 is 0. The smallest absolute Gasteiger partial charge is 2.00 e. The van der Waals surface area contributed by atoms with Gasteiger partial charge in [-0.05, 0) is 0 Å². The summed E-state index contributed by atoms with van der Waals surface area (Å²) in [6.07, 6.45) is 1.78. The van der Waals surface area contributed by atoms with Gasteiger partial charge in [-0.3, -0.25) is 0 Å². The van der Waals surface area contributed by atoms with Crippen LogP contribution in [-0.4, -0.2) is 6.29 Å². The number of rotatable bonds is 1. The topological polar surface area (TPSA) is 74.1 Å². The van der Waals surface area contributed by atoms with Crippen molar-refractivity contribution < 1.29 is 37.5 Å². The van der Waals surface area contributed by atoms with Gasteiger partial charge in [0.1, 0.15) is 0 Å². The SMILES string of the molecule is O=[C-]c1ccccc1.[O-2].[O-2].[Ti+4]. The maximum atomic E-state index is 9.88. The molecule has 0 aliphatic rings. The fourth-order valence-corrected chi connectivity index (χ4v) is 0.506. The van der Waals surface area contributed by atoms with Crippen LogP contribution in [0.15, 0.2) is 30.3 Å². The molecule has 0 radical (unpaired) electrons. The van der Waals surface area contributed by atoms with Gasteiger partial charge in [0.2, 0.25) is 0 Å². The van der Waals surface area contributed by atoms with Crippen LogP contribution in [0.25, 0.3) is 0 Å². The van der Waals surface area contributed by atoms with Gasteiger partial charge in [0.15, 0.2) is 0 Å². The molecule has 0 saturated carbocycles. The van der Waals surface area contributed by atoms with E-state index in [1.807, 2.05) is 6.07 Å². The molecule has 1 rings (SSSR count). The molecule has 0 atom stereocenters. The van der Waals surface area contributed by atoms with Gasteiger partial charge in [-0.2, -0.15) is 17.7 Å². The van der Waals surface area contributed by atoms with Crippen LogP contribution in [-0.2, 0) is 37.5 Å². The quantitative estimate of drug-likeness (QED) is 0.473. The maximum absolute atomic E-state index is 9.88. The van der Waals surface area contributed by atoms with E-state index in [-0.39, 0.29) is 32.7 Å². The number of benzene rings is 1. The molecule has 3 nitrogen and oxygen atoms in total. The third kappa shape index (κ3) is 5.94. The molecule has 0 aliphatic heterocycles. The largest absolute Gasteiger partial charge is 4.00 e. The summed E-state index contributed by atoms with van der Waals surface area (Å²) in [6.45, 7) is 0. The van der Waals surface area contributed by atoms with E-state index in [9.17, 15) is 4.79 Å². The fraction of sp³-hybridized carbons (Fsp3) is 0. The van der Waals surface area contributed by atoms with Gasteiger partial charge in [0, 0.05) is 0 Å². The van der Waals surface area contributed by atoms with E-state index in [1.54, 1.807) is 30.6 Å². The third-order valence-corrected chi connectivity index (χ3v) is 0.892. The van der Waals surface area contributed by atoms with Crippen LogP contribution in [0.4, 0.5) is 0 Å². The van der Waals surface area contributed by atoms with Gasteiger partial charge in [-0.25, -0.2) is 0 Å². The predicted octanol–water partition coefficient (Wildman–Crippen LogP) is 0.904. The maximum Gasteiger partial charge on any atom is 4.00 e. The standard InChI is InChI=1S/C7H5O.2O.Ti/c8-6-7-4-2-1-3-5-7;;;/h1-5H;;;/q-1;2*-2;+4. The molecule has 0 fully saturated rings. The zero-order valence-corrected chi connectivity index (χ0v) is 7.17. The van der Waals surface area contributed by atoms with E-state index in [1.165, 1.54) is 0 Å². The molecule has 0 amide bonds. The average molecular weight is 185 g/mol. The molecule has 1 aromatic carbocycles. The van der Waals surface area contributed by atoms with Gasteiger partial charge >= 0.3 is 21.7 Å². The van der Waals surface area contributed by atoms with Crippen molar-refractivity contribution in [3.63, 3.8) is 0 Å². The molecule has 0 aromatic heterocycles. The summed E-state index contributed by atoms with van der Waals surface area (Å²) in [7, 11) is 0. The molecule has 0 aliphatic carbocycles. The zero-order valence-electron chi connectivity index (χ0n) is 5.61. The van der Waals surface area contributed by atoms with E-state index in [4.69, 9.17) is 0 Å². The second kappa shape index (κ2) is 9.52. The molecule has 0 heterocycles. The van der Waals surface area contributed by atoms with Crippen molar-refractivity contribution in [1.29, 1.82) is 0 Å². The number of hydrogen-bond acceptors (Lipinski definition) is 1. The molecule has 0 saturated heterocycles. The molecule has 0 unspecified atom stereocenters. The number of carbonyl (C=O) groups excluding carboxylic acids is 1. The van der Waals surface area contributed by atoms with Crippen LogP contribution >= 0.6 is 0 Å². The first-order valence-corrected chi connectivity index (χ1v) is 2.36. The molecule has 11 heavy (non-hydrogen) atoms. The Bertz CT molecular complexity index is 176. The van der Waals surface area contributed by atoms with Crippen molar-refractivity contribution in [1.82, 2.24) is 0 Å². The van der Waals surface area contributed by atoms with Crippen molar-refractivity contribution in [2.75, 3.05) is 0 Å². The second-order valence-corrected chi connectivity index (χ2v) is 1.47. The predicted molar refractivity (Wildman–Crippen MR) is 32.6 cm³/mol. The summed E-state index contributed by atoms with van der Waals surface area (Å²) >= 11 is 0. The minimum Gasteiger partial charge on any atom is -2.00 e. The van der Waals surface area contributed by atoms with Gasteiger partial charge in [0.05, 0.1) is 6.29 Å². The van der Waals surface area contributed by atoms with Crippen LogP contribution in [0.1, 0.15) is 5.56 Å². The van der Waals surface area contributed by atoms with Crippen LogP contribution < -0.4 is 0 Å². The Morgan fingerprint density at radius 2 is 1.45 bits per heavy atom. The molecule has 0 N–H and O–H groups in total. The minimum absolute atomic E-state index is 0. The van der Waals surface area contributed by atoms with Gasteiger partial charge in [-0.15, -0.1) is 12.1 Å². The Balaban J connectivity index is -0.000000213. The van der Waals surface area contributed by atoms with E-state index >= 15 is 0 Å². The first-order chi connectivity index (χ1) is 3.93. The average Bonchev–Trinajstić information content (AvgIpc) is 1.90. The second-order valence-electron chi connectivity index (χ2n) is 1.47. The summed E-state index contributed by atoms with van der Waals surface area (Å²) in [5, 5.41) is 0. The van der Waals surface area contributed by atoms with Crippen LogP contribution in [0.5, 0.6) is 0 Å². The molecule has 0 bridgehead atoms. The Labute approximate surface area is 79.9 Å². The van der Waals surface area contributed by atoms with Crippen LogP contribution in [0, 0.1) is 0 Å². The Hall–Kier alpha value is -0.476. The van der Waals surface area contributed by atoms with Gasteiger partial charge < -0.3 is 15.7 Å². The third-order valence-electron chi connectivity index (χ3n) is 0.892. The zero-order chi connectivity index (χ0) is 5.82. The minimum atomic E-state index is 0. The van der Waals surface area contributed by atoms with Crippen molar-refractivity contribution in [2.45, 2.75) is 0 Å². The van der Waals surface area contributed by atoms with Crippen LogP contribution in [0.3, 0.4) is 0 Å². The summed E-state index contributed by atoms with van der Waals surface area (Å²) in [6, 6.07) is 8.90. The summed E-state index contributed by atoms with van der Waals surface area (Å²) in [4.78, 5) is 9.88.